The van der Waals surface area contributed by atoms with Crippen LogP contribution in [0.15, 0.2) is 46.9 Å². The summed E-state index contributed by atoms with van der Waals surface area (Å²) in [5.41, 5.74) is 4.64. The lowest BCUT2D eigenvalue weighted by Gasteiger charge is -2.07. The van der Waals surface area contributed by atoms with Crippen molar-refractivity contribution >= 4 is 22.7 Å². The highest BCUT2D eigenvalue weighted by atomic mass is 16.3. The van der Waals surface area contributed by atoms with Crippen LogP contribution in [0.25, 0.3) is 22.6 Å². The van der Waals surface area contributed by atoms with Crippen molar-refractivity contribution in [1.82, 2.24) is 4.98 Å². The molecule has 1 heterocycles. The Bertz CT molecular complexity index is 865. The average molecular weight is 336 g/mol. The first-order valence-electron chi connectivity index (χ1n) is 8.91. The number of hydrogen-bond acceptors (Lipinski definition) is 3. The lowest BCUT2D eigenvalue weighted by Crippen LogP contribution is -2.10. The zero-order valence-electron chi connectivity index (χ0n) is 15.0. The third-order valence-electron chi connectivity index (χ3n) is 4.49. The Morgan fingerprint density at radius 1 is 1.16 bits per heavy atom. The van der Waals surface area contributed by atoms with Crippen LogP contribution in [0.3, 0.4) is 0 Å². The van der Waals surface area contributed by atoms with E-state index in [0.717, 1.165) is 35.2 Å². The molecular formula is C21H24N2O2. The van der Waals surface area contributed by atoms with E-state index in [9.17, 15) is 4.79 Å². The number of fused-ring (bicyclic) bond motifs is 1. The molecular weight excluding hydrogens is 312 g/mol. The van der Waals surface area contributed by atoms with Crippen LogP contribution in [-0.2, 0) is 4.79 Å². The largest absolute Gasteiger partial charge is 0.436 e. The van der Waals surface area contributed by atoms with Gasteiger partial charge in [0.05, 0.1) is 0 Å². The van der Waals surface area contributed by atoms with Crippen LogP contribution in [0, 0.1) is 0 Å². The molecule has 130 valence electrons. The van der Waals surface area contributed by atoms with Gasteiger partial charge in [-0.1, -0.05) is 26.8 Å². The minimum Gasteiger partial charge on any atom is -0.436 e. The third kappa shape index (κ3) is 3.90. The van der Waals surface area contributed by atoms with Crippen molar-refractivity contribution in [2.45, 2.75) is 46.0 Å². The van der Waals surface area contributed by atoms with Crippen molar-refractivity contribution in [3.63, 3.8) is 0 Å². The first-order chi connectivity index (χ1) is 12.1. The van der Waals surface area contributed by atoms with E-state index in [4.69, 9.17) is 4.42 Å². The van der Waals surface area contributed by atoms with Crippen LogP contribution in [0.4, 0.5) is 5.69 Å². The molecule has 0 bridgehead atoms. The second-order valence-electron chi connectivity index (χ2n) is 6.43. The van der Waals surface area contributed by atoms with E-state index in [1.54, 1.807) is 0 Å². The normalized spacial score (nSPS) is 12.3. The van der Waals surface area contributed by atoms with Crippen LogP contribution in [0.5, 0.6) is 0 Å². The molecule has 0 aliphatic rings. The number of amides is 1. The number of nitrogens with one attached hydrogen (secondary N) is 1. The van der Waals surface area contributed by atoms with Gasteiger partial charge in [0.2, 0.25) is 11.8 Å². The Morgan fingerprint density at radius 3 is 2.60 bits per heavy atom. The zero-order valence-corrected chi connectivity index (χ0v) is 15.0. The molecule has 1 N–H and O–H groups in total. The Balaban J connectivity index is 1.82. The molecule has 1 unspecified atom stereocenters. The lowest BCUT2D eigenvalue weighted by atomic mass is 9.98. The second-order valence-corrected chi connectivity index (χ2v) is 6.43. The maximum absolute atomic E-state index is 11.7. The highest BCUT2D eigenvalue weighted by Crippen LogP contribution is 2.28. The molecule has 1 aromatic heterocycles. The standard InChI is InChI=1S/C21H24N2O2/c1-4-6-20(24)22-17-10-7-15(8-11-17)21-23-18-13-16(14(3)5-2)9-12-19(18)25-21/h7-14H,4-6H2,1-3H3,(H,22,24). The predicted octanol–water partition coefficient (Wildman–Crippen LogP) is 5.75. The molecule has 0 fully saturated rings. The number of anilines is 1. The number of oxazole rings is 1. The van der Waals surface area contributed by atoms with Gasteiger partial charge in [-0.3, -0.25) is 4.79 Å². The number of aromatic nitrogens is 1. The van der Waals surface area contributed by atoms with Crippen LogP contribution in [0.1, 0.15) is 51.5 Å². The van der Waals surface area contributed by atoms with Gasteiger partial charge in [0.25, 0.3) is 0 Å². The van der Waals surface area contributed by atoms with Crippen molar-refractivity contribution < 1.29 is 9.21 Å². The Labute approximate surface area is 148 Å². The molecule has 25 heavy (non-hydrogen) atoms. The van der Waals surface area contributed by atoms with E-state index in [1.807, 2.05) is 37.3 Å². The number of rotatable bonds is 6. The van der Waals surface area contributed by atoms with Gasteiger partial charge in [0.1, 0.15) is 5.52 Å². The van der Waals surface area contributed by atoms with E-state index in [2.05, 4.69) is 36.3 Å². The van der Waals surface area contributed by atoms with Gasteiger partial charge in [-0.2, -0.15) is 0 Å². The topological polar surface area (TPSA) is 55.1 Å². The molecule has 0 aliphatic heterocycles. The van der Waals surface area contributed by atoms with Crippen molar-refractivity contribution in [2.75, 3.05) is 5.32 Å². The fraction of sp³-hybridized carbons (Fsp3) is 0.333. The molecule has 3 rings (SSSR count). The lowest BCUT2D eigenvalue weighted by molar-refractivity contribution is -0.116. The van der Waals surface area contributed by atoms with Gasteiger partial charge in [0.15, 0.2) is 5.58 Å². The van der Waals surface area contributed by atoms with Crippen molar-refractivity contribution in [3.05, 3.63) is 48.0 Å². The highest BCUT2D eigenvalue weighted by molar-refractivity contribution is 5.90. The summed E-state index contributed by atoms with van der Waals surface area (Å²) in [5.74, 6) is 1.15. The molecule has 4 nitrogen and oxygen atoms in total. The summed E-state index contributed by atoms with van der Waals surface area (Å²) in [4.78, 5) is 16.3. The Morgan fingerprint density at radius 2 is 1.92 bits per heavy atom. The van der Waals surface area contributed by atoms with Gasteiger partial charge < -0.3 is 9.73 Å². The SMILES string of the molecule is CCCC(=O)Nc1ccc(-c2nc3cc(C(C)CC)ccc3o2)cc1. The van der Waals surface area contributed by atoms with Crippen LogP contribution >= 0.6 is 0 Å². The number of carbonyl (C=O) groups excluding carboxylic acids is 1. The predicted molar refractivity (Wildman–Crippen MR) is 102 cm³/mol. The third-order valence-corrected chi connectivity index (χ3v) is 4.49. The number of benzene rings is 2. The molecule has 2 aromatic carbocycles. The molecule has 4 heteroatoms. The van der Waals surface area contributed by atoms with Crippen molar-refractivity contribution in [3.8, 4) is 11.5 Å². The minimum atomic E-state index is 0.0367. The number of carbonyl (C=O) groups is 1. The van der Waals surface area contributed by atoms with Gasteiger partial charge >= 0.3 is 0 Å². The maximum Gasteiger partial charge on any atom is 0.227 e. The first kappa shape index (κ1) is 17.2. The fourth-order valence-corrected chi connectivity index (χ4v) is 2.76. The molecule has 1 amide bonds. The molecule has 0 saturated carbocycles. The van der Waals surface area contributed by atoms with Crippen LogP contribution < -0.4 is 5.32 Å². The van der Waals surface area contributed by atoms with E-state index < -0.39 is 0 Å². The molecule has 3 aromatic rings. The molecule has 0 aliphatic carbocycles. The summed E-state index contributed by atoms with van der Waals surface area (Å²) in [7, 11) is 0. The van der Waals surface area contributed by atoms with Crippen molar-refractivity contribution in [2.24, 2.45) is 0 Å². The van der Waals surface area contributed by atoms with E-state index >= 15 is 0 Å². The van der Waals surface area contributed by atoms with E-state index in [0.29, 0.717) is 18.2 Å². The molecule has 0 radical (unpaired) electrons. The maximum atomic E-state index is 11.7. The van der Waals surface area contributed by atoms with E-state index in [1.165, 1.54) is 5.56 Å². The quantitative estimate of drug-likeness (QED) is 0.624. The number of hydrogen-bond donors (Lipinski definition) is 1. The highest BCUT2D eigenvalue weighted by Gasteiger charge is 2.11. The molecule has 0 spiro atoms. The fourth-order valence-electron chi connectivity index (χ4n) is 2.76. The summed E-state index contributed by atoms with van der Waals surface area (Å²) in [6.07, 6.45) is 2.47. The molecule has 0 saturated heterocycles. The zero-order chi connectivity index (χ0) is 17.8. The van der Waals surface area contributed by atoms with Gasteiger partial charge in [-0.25, -0.2) is 4.98 Å². The van der Waals surface area contributed by atoms with Gasteiger partial charge in [-0.05, 0) is 60.7 Å². The van der Waals surface area contributed by atoms with Crippen LogP contribution in [-0.4, -0.2) is 10.9 Å². The minimum absolute atomic E-state index is 0.0367. The summed E-state index contributed by atoms with van der Waals surface area (Å²) >= 11 is 0. The van der Waals surface area contributed by atoms with Gasteiger partial charge in [-0.15, -0.1) is 0 Å². The van der Waals surface area contributed by atoms with E-state index in [-0.39, 0.29) is 5.91 Å². The van der Waals surface area contributed by atoms with Gasteiger partial charge in [0, 0.05) is 17.7 Å². The Kier molecular flexibility index (Phi) is 5.17. The Hall–Kier alpha value is -2.62. The summed E-state index contributed by atoms with van der Waals surface area (Å²) in [6.45, 7) is 6.39. The summed E-state index contributed by atoms with van der Waals surface area (Å²) < 4.78 is 5.88. The smallest absolute Gasteiger partial charge is 0.227 e. The average Bonchev–Trinajstić information content (AvgIpc) is 3.05. The number of nitrogens with zero attached hydrogens (tertiary/aromatic N) is 1. The monoisotopic (exact) mass is 336 g/mol. The summed E-state index contributed by atoms with van der Waals surface area (Å²) in [6, 6.07) is 13.8. The van der Waals surface area contributed by atoms with Crippen molar-refractivity contribution in [1.29, 1.82) is 0 Å². The van der Waals surface area contributed by atoms with Crippen LogP contribution in [0.2, 0.25) is 0 Å². The first-order valence-corrected chi connectivity index (χ1v) is 8.91. The summed E-state index contributed by atoms with van der Waals surface area (Å²) in [5, 5.41) is 2.88. The molecule has 1 atom stereocenters. The second kappa shape index (κ2) is 7.51.